The van der Waals surface area contributed by atoms with Crippen molar-refractivity contribution in [3.05, 3.63) is 53.2 Å². The number of aryl methyl sites for hydroxylation is 1. The van der Waals surface area contributed by atoms with E-state index >= 15 is 0 Å². The van der Waals surface area contributed by atoms with Gasteiger partial charge in [-0.1, -0.05) is 23.7 Å². The number of aliphatic imine (C=N–C) groups is 1. The van der Waals surface area contributed by atoms with Gasteiger partial charge in [-0.2, -0.15) is 0 Å². The van der Waals surface area contributed by atoms with Gasteiger partial charge in [0.15, 0.2) is 5.96 Å². The van der Waals surface area contributed by atoms with Gasteiger partial charge in [0.2, 0.25) is 0 Å². The van der Waals surface area contributed by atoms with E-state index in [-0.39, 0.29) is 0 Å². The number of aromatic nitrogens is 1. The summed E-state index contributed by atoms with van der Waals surface area (Å²) in [7, 11) is 1.88. The van der Waals surface area contributed by atoms with Crippen LogP contribution in [-0.4, -0.2) is 68.7 Å². The molecule has 2 aromatic rings. The van der Waals surface area contributed by atoms with E-state index in [9.17, 15) is 0 Å². The molecule has 2 fully saturated rings. The highest BCUT2D eigenvalue weighted by Gasteiger charge is 2.25. The first-order valence-corrected chi connectivity index (χ1v) is 11.1. The first-order chi connectivity index (χ1) is 14.6. The number of nitrogens with zero attached hydrogens (tertiary/aromatic N) is 5. The van der Waals surface area contributed by atoms with E-state index in [0.717, 1.165) is 62.6 Å². The van der Waals surface area contributed by atoms with Crippen LogP contribution in [0.5, 0.6) is 0 Å². The van der Waals surface area contributed by atoms with Crippen LogP contribution in [0.15, 0.2) is 47.6 Å². The molecule has 160 valence electrons. The molecule has 1 N–H and O–H groups in total. The molecule has 0 radical (unpaired) electrons. The SMILES string of the molecule is CN=C(NCC1CCN(c2cc(Cl)ccc2C)C1)N1CCN(c2ccccn2)CC1. The highest BCUT2D eigenvalue weighted by Crippen LogP contribution is 2.29. The number of benzene rings is 1. The normalized spacial score (nSPS) is 20.0. The maximum absolute atomic E-state index is 6.22. The molecule has 1 aromatic heterocycles. The Kier molecular flexibility index (Phi) is 6.62. The summed E-state index contributed by atoms with van der Waals surface area (Å²) < 4.78 is 0. The minimum Gasteiger partial charge on any atom is -0.371 e. The van der Waals surface area contributed by atoms with Crippen molar-refractivity contribution in [2.45, 2.75) is 13.3 Å². The quantitative estimate of drug-likeness (QED) is 0.600. The Morgan fingerprint density at radius 2 is 1.97 bits per heavy atom. The molecule has 1 atom stereocenters. The van der Waals surface area contributed by atoms with E-state index in [0.29, 0.717) is 5.92 Å². The second kappa shape index (κ2) is 9.56. The van der Waals surface area contributed by atoms with Crippen LogP contribution in [0.1, 0.15) is 12.0 Å². The van der Waals surface area contributed by atoms with Crippen molar-refractivity contribution in [1.29, 1.82) is 0 Å². The van der Waals surface area contributed by atoms with Crippen LogP contribution in [0.25, 0.3) is 0 Å². The Bertz CT molecular complexity index is 863. The predicted molar refractivity (Wildman–Crippen MR) is 126 cm³/mol. The molecule has 2 aliphatic rings. The van der Waals surface area contributed by atoms with E-state index < -0.39 is 0 Å². The fraction of sp³-hybridized carbons (Fsp3) is 0.478. The molecule has 2 aliphatic heterocycles. The first-order valence-electron chi connectivity index (χ1n) is 10.8. The van der Waals surface area contributed by atoms with E-state index in [2.05, 4.69) is 55.1 Å². The van der Waals surface area contributed by atoms with Gasteiger partial charge in [0, 0.05) is 69.8 Å². The predicted octanol–water partition coefficient (Wildman–Crippen LogP) is 3.27. The second-order valence-electron chi connectivity index (χ2n) is 8.12. The lowest BCUT2D eigenvalue weighted by molar-refractivity contribution is 0.368. The van der Waals surface area contributed by atoms with Gasteiger partial charge < -0.3 is 20.0 Å². The molecule has 0 aliphatic carbocycles. The van der Waals surface area contributed by atoms with Gasteiger partial charge in [0.25, 0.3) is 0 Å². The third kappa shape index (κ3) is 4.81. The lowest BCUT2D eigenvalue weighted by Crippen LogP contribution is -2.53. The van der Waals surface area contributed by atoms with E-state index in [4.69, 9.17) is 11.6 Å². The Morgan fingerprint density at radius 1 is 1.13 bits per heavy atom. The molecule has 0 spiro atoms. The molecule has 1 aromatic carbocycles. The summed E-state index contributed by atoms with van der Waals surface area (Å²) in [5.41, 5.74) is 2.55. The summed E-state index contributed by atoms with van der Waals surface area (Å²) in [6.07, 6.45) is 3.04. The van der Waals surface area contributed by atoms with Crippen LogP contribution >= 0.6 is 11.6 Å². The fourth-order valence-corrected chi connectivity index (χ4v) is 4.56. The van der Waals surface area contributed by atoms with Crippen molar-refractivity contribution in [1.82, 2.24) is 15.2 Å². The first kappa shape index (κ1) is 20.8. The molecule has 2 saturated heterocycles. The monoisotopic (exact) mass is 426 g/mol. The van der Waals surface area contributed by atoms with Crippen LogP contribution in [0.2, 0.25) is 5.02 Å². The number of halogens is 1. The number of hydrogen-bond acceptors (Lipinski definition) is 4. The Morgan fingerprint density at radius 3 is 2.70 bits per heavy atom. The largest absolute Gasteiger partial charge is 0.371 e. The average molecular weight is 427 g/mol. The zero-order valence-corrected chi connectivity index (χ0v) is 18.6. The molecule has 0 amide bonds. The molecular formula is C23H31ClN6. The maximum Gasteiger partial charge on any atom is 0.193 e. The number of anilines is 2. The number of rotatable bonds is 4. The van der Waals surface area contributed by atoms with Gasteiger partial charge in [-0.15, -0.1) is 0 Å². The minimum atomic E-state index is 0.606. The van der Waals surface area contributed by atoms with Gasteiger partial charge in [0.05, 0.1) is 0 Å². The van der Waals surface area contributed by atoms with Gasteiger partial charge in [-0.3, -0.25) is 4.99 Å². The van der Waals surface area contributed by atoms with Crippen LogP contribution in [-0.2, 0) is 0 Å². The number of nitrogens with one attached hydrogen (secondary N) is 1. The molecule has 7 heteroatoms. The van der Waals surface area contributed by atoms with Crippen LogP contribution < -0.4 is 15.1 Å². The number of piperazine rings is 1. The Hall–Kier alpha value is -2.47. The topological polar surface area (TPSA) is 47.0 Å². The number of pyridine rings is 1. The highest BCUT2D eigenvalue weighted by molar-refractivity contribution is 6.30. The molecule has 1 unspecified atom stereocenters. The summed E-state index contributed by atoms with van der Waals surface area (Å²) >= 11 is 6.22. The summed E-state index contributed by atoms with van der Waals surface area (Å²) in [6, 6.07) is 12.3. The molecule has 0 bridgehead atoms. The molecule has 6 nitrogen and oxygen atoms in total. The third-order valence-corrected chi connectivity index (χ3v) is 6.35. The number of hydrogen-bond donors (Lipinski definition) is 1. The van der Waals surface area contributed by atoms with Gasteiger partial charge in [0.1, 0.15) is 5.82 Å². The van der Waals surface area contributed by atoms with E-state index in [1.54, 1.807) is 0 Å². The van der Waals surface area contributed by atoms with Crippen LogP contribution in [0.3, 0.4) is 0 Å². The summed E-state index contributed by atoms with van der Waals surface area (Å²) in [5, 5.41) is 4.43. The molecule has 3 heterocycles. The molecule has 30 heavy (non-hydrogen) atoms. The average Bonchev–Trinajstić information content (AvgIpc) is 3.26. The van der Waals surface area contributed by atoms with Crippen LogP contribution in [0.4, 0.5) is 11.5 Å². The number of guanidine groups is 1. The molecule has 4 rings (SSSR count). The van der Waals surface area contributed by atoms with Crippen LogP contribution in [0, 0.1) is 12.8 Å². The van der Waals surface area contributed by atoms with Gasteiger partial charge in [-0.05, 0) is 49.1 Å². The zero-order valence-electron chi connectivity index (χ0n) is 17.9. The summed E-state index contributed by atoms with van der Waals surface area (Å²) in [4.78, 5) is 16.2. The van der Waals surface area contributed by atoms with Crippen molar-refractivity contribution < 1.29 is 0 Å². The molecular weight excluding hydrogens is 396 g/mol. The maximum atomic E-state index is 6.22. The van der Waals surface area contributed by atoms with E-state index in [1.165, 1.54) is 17.7 Å². The summed E-state index contributed by atoms with van der Waals surface area (Å²) in [5.74, 6) is 2.67. The van der Waals surface area contributed by atoms with Crippen molar-refractivity contribution in [2.75, 3.05) is 62.7 Å². The van der Waals surface area contributed by atoms with Gasteiger partial charge >= 0.3 is 0 Å². The standard InChI is InChI=1S/C23H31ClN6/c1-18-6-7-20(24)15-21(18)30-10-8-19(17-30)16-27-23(25-2)29-13-11-28(12-14-29)22-5-3-4-9-26-22/h3-7,9,15,19H,8,10-14,16-17H2,1-2H3,(H,25,27). The fourth-order valence-electron chi connectivity index (χ4n) is 4.40. The van der Waals surface area contributed by atoms with Crippen molar-refractivity contribution in [3.63, 3.8) is 0 Å². The summed E-state index contributed by atoms with van der Waals surface area (Å²) in [6.45, 7) is 9.07. The van der Waals surface area contributed by atoms with Gasteiger partial charge in [-0.25, -0.2) is 4.98 Å². The minimum absolute atomic E-state index is 0.606. The Labute approximate surface area is 184 Å². The highest BCUT2D eigenvalue weighted by atomic mass is 35.5. The third-order valence-electron chi connectivity index (χ3n) is 6.11. The second-order valence-corrected chi connectivity index (χ2v) is 8.56. The zero-order chi connectivity index (χ0) is 20.9. The Balaban J connectivity index is 1.27. The molecule has 0 saturated carbocycles. The van der Waals surface area contributed by atoms with Crippen molar-refractivity contribution in [2.24, 2.45) is 10.9 Å². The van der Waals surface area contributed by atoms with Crippen molar-refractivity contribution in [3.8, 4) is 0 Å². The lowest BCUT2D eigenvalue weighted by Gasteiger charge is -2.37. The van der Waals surface area contributed by atoms with Crippen molar-refractivity contribution >= 4 is 29.1 Å². The van der Waals surface area contributed by atoms with E-state index in [1.807, 2.05) is 31.4 Å². The smallest absolute Gasteiger partial charge is 0.193 e. The lowest BCUT2D eigenvalue weighted by atomic mass is 10.1.